The molecular weight excluding hydrogens is 246 g/mol. The van der Waals surface area contributed by atoms with Crippen molar-refractivity contribution in [3.05, 3.63) is 0 Å². The number of amides is 4. The van der Waals surface area contributed by atoms with Crippen LogP contribution in [0.15, 0.2) is 0 Å². The van der Waals surface area contributed by atoms with E-state index in [4.69, 9.17) is 11.6 Å². The molecule has 0 saturated heterocycles. The molecule has 0 aliphatic rings. The Morgan fingerprint density at radius 3 is 2.24 bits per heavy atom. The van der Waals surface area contributed by atoms with Crippen molar-refractivity contribution in [3.8, 4) is 0 Å². The second-order valence-electron chi connectivity index (χ2n) is 3.83. The maximum atomic E-state index is 11.2. The van der Waals surface area contributed by atoms with E-state index in [2.05, 4.69) is 10.6 Å². The minimum absolute atomic E-state index is 0.0648. The third-order valence-electron chi connectivity index (χ3n) is 1.69. The van der Waals surface area contributed by atoms with Crippen LogP contribution in [0, 0.1) is 0 Å². The van der Waals surface area contributed by atoms with E-state index in [1.807, 2.05) is 19.2 Å². The van der Waals surface area contributed by atoms with Gasteiger partial charge in [0.05, 0.1) is 0 Å². The average Bonchev–Trinajstić information content (AvgIpc) is 2.15. The van der Waals surface area contributed by atoms with E-state index in [0.717, 1.165) is 0 Å². The van der Waals surface area contributed by atoms with Gasteiger partial charge in [-0.2, -0.15) is 0 Å². The quantitative estimate of drug-likeness (QED) is 0.626. The van der Waals surface area contributed by atoms with Crippen molar-refractivity contribution in [1.29, 1.82) is 0 Å². The second kappa shape index (κ2) is 7.89. The monoisotopic (exact) mass is 263 g/mol. The highest BCUT2D eigenvalue weighted by molar-refractivity contribution is 6.31. The molecule has 1 atom stereocenters. The summed E-state index contributed by atoms with van der Waals surface area (Å²) in [7, 11) is 0. The zero-order valence-electron chi connectivity index (χ0n) is 10.2. The predicted octanol–water partition coefficient (Wildman–Crippen LogP) is 0.354. The van der Waals surface area contributed by atoms with Gasteiger partial charge in [0, 0.05) is 19.0 Å². The fraction of sp³-hybridized carbons (Fsp3) is 0.700. The van der Waals surface area contributed by atoms with Crippen LogP contribution in [0.25, 0.3) is 0 Å². The van der Waals surface area contributed by atoms with Crippen LogP contribution in [0.5, 0.6) is 0 Å². The van der Waals surface area contributed by atoms with Gasteiger partial charge >= 0.3 is 6.03 Å². The lowest BCUT2D eigenvalue weighted by molar-refractivity contribution is -0.121. The lowest BCUT2D eigenvalue weighted by atomic mass is 10.3. The number of rotatable bonds is 5. The maximum absolute atomic E-state index is 11.2. The van der Waals surface area contributed by atoms with Crippen LogP contribution < -0.4 is 16.0 Å². The molecule has 0 aliphatic carbocycles. The summed E-state index contributed by atoms with van der Waals surface area (Å²) in [4.78, 5) is 33.3. The first-order chi connectivity index (χ1) is 7.82. The minimum atomic E-state index is -0.773. The molecule has 3 N–H and O–H groups in total. The molecular formula is C10H18ClN3O3. The van der Waals surface area contributed by atoms with Crippen molar-refractivity contribution in [2.45, 2.75) is 38.6 Å². The van der Waals surface area contributed by atoms with Crippen LogP contribution in [-0.2, 0) is 9.59 Å². The Morgan fingerprint density at radius 2 is 1.76 bits per heavy atom. The zero-order valence-corrected chi connectivity index (χ0v) is 10.9. The third kappa shape index (κ3) is 8.50. The van der Waals surface area contributed by atoms with Crippen molar-refractivity contribution < 1.29 is 14.4 Å². The molecule has 0 aromatic heterocycles. The number of hydrogen-bond acceptors (Lipinski definition) is 3. The molecule has 0 heterocycles. The Bertz CT molecular complexity index is 293. The summed E-state index contributed by atoms with van der Waals surface area (Å²) in [6.45, 7) is 5.31. The van der Waals surface area contributed by atoms with E-state index in [1.165, 1.54) is 6.92 Å². The molecule has 4 amide bonds. The minimum Gasteiger partial charge on any atom is -0.354 e. The van der Waals surface area contributed by atoms with E-state index in [-0.39, 0.29) is 24.9 Å². The standard InChI is InChI=1S/C10H18ClN3O3/c1-6(2)13-8(15)4-5-12-10(17)14-9(16)7(3)11/h6-7H,4-5H2,1-3H3,(H,13,15)(H2,12,14,16,17). The van der Waals surface area contributed by atoms with Crippen molar-refractivity contribution in [2.24, 2.45) is 0 Å². The molecule has 0 aliphatic heterocycles. The third-order valence-corrected chi connectivity index (χ3v) is 1.88. The van der Waals surface area contributed by atoms with Crippen molar-refractivity contribution in [3.63, 3.8) is 0 Å². The van der Waals surface area contributed by atoms with E-state index in [9.17, 15) is 14.4 Å². The fourth-order valence-electron chi connectivity index (χ4n) is 0.939. The Kier molecular flexibility index (Phi) is 7.29. The summed E-state index contributed by atoms with van der Waals surface area (Å²) < 4.78 is 0. The van der Waals surface area contributed by atoms with Gasteiger partial charge in [-0.05, 0) is 20.8 Å². The van der Waals surface area contributed by atoms with Crippen LogP contribution in [0.1, 0.15) is 27.2 Å². The number of imide groups is 1. The first-order valence-corrected chi connectivity index (χ1v) is 5.78. The average molecular weight is 264 g/mol. The number of alkyl halides is 1. The molecule has 98 valence electrons. The van der Waals surface area contributed by atoms with Gasteiger partial charge in [-0.25, -0.2) is 4.79 Å². The van der Waals surface area contributed by atoms with Gasteiger partial charge in [0.1, 0.15) is 5.38 Å². The summed E-state index contributed by atoms with van der Waals surface area (Å²) in [5, 5.41) is 6.33. The first-order valence-electron chi connectivity index (χ1n) is 5.35. The van der Waals surface area contributed by atoms with Gasteiger partial charge in [-0.15, -0.1) is 11.6 Å². The lowest BCUT2D eigenvalue weighted by Gasteiger charge is -2.09. The van der Waals surface area contributed by atoms with Crippen LogP contribution in [0.2, 0.25) is 0 Å². The molecule has 0 radical (unpaired) electrons. The molecule has 0 spiro atoms. The van der Waals surface area contributed by atoms with Crippen LogP contribution >= 0.6 is 11.6 Å². The van der Waals surface area contributed by atoms with Gasteiger partial charge in [0.25, 0.3) is 0 Å². The number of halogens is 1. The number of carbonyl (C=O) groups is 3. The Hall–Kier alpha value is -1.30. The molecule has 0 aromatic carbocycles. The Labute approximate surface area is 105 Å². The molecule has 6 nitrogen and oxygen atoms in total. The molecule has 0 rings (SSSR count). The van der Waals surface area contributed by atoms with Gasteiger partial charge in [-0.1, -0.05) is 0 Å². The summed E-state index contributed by atoms with van der Waals surface area (Å²) in [6.07, 6.45) is 0.163. The second-order valence-corrected chi connectivity index (χ2v) is 4.49. The molecule has 0 aromatic rings. The van der Waals surface area contributed by atoms with Gasteiger partial charge in [0.15, 0.2) is 0 Å². The summed E-state index contributed by atoms with van der Waals surface area (Å²) in [5.74, 6) is -0.729. The molecule has 0 fully saturated rings. The Balaban J connectivity index is 3.72. The number of nitrogens with one attached hydrogen (secondary N) is 3. The van der Waals surface area contributed by atoms with E-state index in [1.54, 1.807) is 0 Å². The zero-order chi connectivity index (χ0) is 13.4. The molecule has 7 heteroatoms. The van der Waals surface area contributed by atoms with E-state index in [0.29, 0.717) is 0 Å². The Morgan fingerprint density at radius 1 is 1.18 bits per heavy atom. The highest BCUT2D eigenvalue weighted by atomic mass is 35.5. The fourth-order valence-corrected chi connectivity index (χ4v) is 0.994. The highest BCUT2D eigenvalue weighted by Crippen LogP contribution is 1.91. The molecule has 1 unspecified atom stereocenters. The normalized spacial score (nSPS) is 11.8. The SMILES string of the molecule is CC(C)NC(=O)CCNC(=O)NC(=O)C(C)Cl. The van der Waals surface area contributed by atoms with Gasteiger partial charge < -0.3 is 10.6 Å². The molecule has 0 saturated carbocycles. The predicted molar refractivity (Wildman–Crippen MR) is 64.8 cm³/mol. The topological polar surface area (TPSA) is 87.3 Å². The number of urea groups is 1. The van der Waals surface area contributed by atoms with Crippen molar-refractivity contribution in [2.75, 3.05) is 6.54 Å². The highest BCUT2D eigenvalue weighted by Gasteiger charge is 2.12. The van der Waals surface area contributed by atoms with Crippen molar-refractivity contribution in [1.82, 2.24) is 16.0 Å². The van der Waals surface area contributed by atoms with Crippen LogP contribution in [-0.4, -0.2) is 35.8 Å². The van der Waals surface area contributed by atoms with Crippen LogP contribution in [0.3, 0.4) is 0 Å². The number of carbonyl (C=O) groups excluding carboxylic acids is 3. The lowest BCUT2D eigenvalue weighted by Crippen LogP contribution is -2.43. The van der Waals surface area contributed by atoms with Gasteiger partial charge in [0.2, 0.25) is 11.8 Å². The maximum Gasteiger partial charge on any atom is 0.321 e. The van der Waals surface area contributed by atoms with E-state index >= 15 is 0 Å². The van der Waals surface area contributed by atoms with E-state index < -0.39 is 17.3 Å². The number of hydrogen-bond donors (Lipinski definition) is 3. The first kappa shape index (κ1) is 15.7. The van der Waals surface area contributed by atoms with Crippen LogP contribution in [0.4, 0.5) is 4.79 Å². The van der Waals surface area contributed by atoms with Crippen molar-refractivity contribution >= 4 is 29.4 Å². The summed E-state index contributed by atoms with van der Waals surface area (Å²) in [5.41, 5.74) is 0. The largest absolute Gasteiger partial charge is 0.354 e. The molecule has 17 heavy (non-hydrogen) atoms. The van der Waals surface area contributed by atoms with Gasteiger partial charge in [-0.3, -0.25) is 14.9 Å². The molecule has 0 bridgehead atoms. The summed E-state index contributed by atoms with van der Waals surface area (Å²) >= 11 is 5.46. The summed E-state index contributed by atoms with van der Waals surface area (Å²) in [6, 6.07) is -0.588. The smallest absolute Gasteiger partial charge is 0.321 e.